The number of aromatic nitrogens is 2. The minimum absolute atomic E-state index is 0.375. The quantitative estimate of drug-likeness (QED) is 0.629. The average molecular weight is 384 g/mol. The molecule has 0 amide bonds. The summed E-state index contributed by atoms with van der Waals surface area (Å²) in [4.78, 5) is 8.93. The molecule has 5 heteroatoms. The van der Waals surface area contributed by atoms with Crippen LogP contribution in [0.1, 0.15) is 44.9 Å². The summed E-state index contributed by atoms with van der Waals surface area (Å²) in [7, 11) is 0. The summed E-state index contributed by atoms with van der Waals surface area (Å²) in [6, 6.07) is 0. The largest absolute Gasteiger partial charge is 0.316 e. The minimum Gasteiger partial charge on any atom is -0.316 e. The van der Waals surface area contributed by atoms with Crippen LogP contribution >= 0.6 is 22.6 Å². The molecule has 1 aromatic heterocycles. The third-order valence-electron chi connectivity index (χ3n) is 3.90. The molecule has 1 aliphatic heterocycles. The van der Waals surface area contributed by atoms with Gasteiger partial charge in [-0.3, -0.25) is 0 Å². The predicted molar refractivity (Wildman–Crippen MR) is 88.8 cm³/mol. The van der Waals surface area contributed by atoms with Crippen molar-refractivity contribution in [2.45, 2.75) is 40.0 Å². The van der Waals surface area contributed by atoms with Crippen molar-refractivity contribution in [1.82, 2.24) is 20.4 Å². The van der Waals surface area contributed by atoms with Gasteiger partial charge in [0, 0.05) is 41.9 Å². The Kier molecular flexibility index (Phi) is 3.75. The van der Waals surface area contributed by atoms with Crippen LogP contribution in [0.5, 0.6) is 0 Å². The molecular weight excluding hydrogens is 363 g/mol. The zero-order valence-corrected chi connectivity index (χ0v) is 14.5. The molecule has 108 valence electrons. The summed E-state index contributed by atoms with van der Waals surface area (Å²) in [5.41, 5.74) is 9.07. The first kappa shape index (κ1) is 14.3. The Labute approximate surface area is 134 Å². The van der Waals surface area contributed by atoms with E-state index >= 15 is 0 Å². The van der Waals surface area contributed by atoms with E-state index in [2.05, 4.69) is 63.8 Å². The van der Waals surface area contributed by atoms with E-state index < -0.39 is 0 Å². The minimum atomic E-state index is 0.375. The highest BCUT2D eigenvalue weighted by Crippen LogP contribution is 2.32. The van der Waals surface area contributed by atoms with E-state index in [9.17, 15) is 0 Å². The molecule has 20 heavy (non-hydrogen) atoms. The molecule has 0 fully saturated rings. The number of hydrazine groups is 1. The monoisotopic (exact) mass is 384 g/mol. The number of hydrogen-bond acceptors (Lipinski definition) is 4. The highest BCUT2D eigenvalue weighted by molar-refractivity contribution is 14.1. The van der Waals surface area contributed by atoms with Gasteiger partial charge in [0.25, 0.3) is 0 Å². The molecule has 3 rings (SSSR count). The van der Waals surface area contributed by atoms with Gasteiger partial charge in [-0.05, 0) is 35.8 Å². The maximum Gasteiger partial charge on any atom is 0.191 e. The summed E-state index contributed by atoms with van der Waals surface area (Å²) in [6.07, 6.45) is 5.37. The van der Waals surface area contributed by atoms with Gasteiger partial charge >= 0.3 is 0 Å². The lowest BCUT2D eigenvalue weighted by Crippen LogP contribution is -2.34. The number of nitrogens with zero attached hydrogens (tertiary/aromatic N) is 3. The van der Waals surface area contributed by atoms with Crippen LogP contribution in [0.2, 0.25) is 0 Å². The van der Waals surface area contributed by atoms with Gasteiger partial charge in [-0.15, -0.1) is 0 Å². The molecule has 0 bridgehead atoms. The van der Waals surface area contributed by atoms with Gasteiger partial charge < -0.3 is 5.43 Å². The lowest BCUT2D eigenvalue weighted by atomic mass is 9.92. The summed E-state index contributed by atoms with van der Waals surface area (Å²) in [6.45, 7) is 8.99. The lowest BCUT2D eigenvalue weighted by Gasteiger charge is -2.24. The van der Waals surface area contributed by atoms with Crippen LogP contribution < -0.4 is 5.43 Å². The SMILES string of the molecule is CC(C)(C)CCN1CC2=C(N1)c1nc(I)ncc1CC2. The molecule has 0 atom stereocenters. The first-order chi connectivity index (χ1) is 9.42. The van der Waals surface area contributed by atoms with Gasteiger partial charge in [0.2, 0.25) is 0 Å². The third-order valence-corrected chi connectivity index (χ3v) is 4.42. The van der Waals surface area contributed by atoms with Crippen LogP contribution in [0.4, 0.5) is 0 Å². The number of nitrogens with one attached hydrogen (secondary N) is 1. The summed E-state index contributed by atoms with van der Waals surface area (Å²) >= 11 is 2.19. The normalized spacial score (nSPS) is 18.8. The Hall–Kier alpha value is -0.690. The zero-order valence-electron chi connectivity index (χ0n) is 12.3. The smallest absolute Gasteiger partial charge is 0.191 e. The fraction of sp³-hybridized carbons (Fsp3) is 0.600. The van der Waals surface area contributed by atoms with Crippen molar-refractivity contribution in [1.29, 1.82) is 0 Å². The van der Waals surface area contributed by atoms with Crippen LogP contribution in [0, 0.1) is 9.25 Å². The molecule has 1 aromatic rings. The fourth-order valence-corrected chi connectivity index (χ4v) is 3.07. The van der Waals surface area contributed by atoms with Crippen LogP contribution in [0.25, 0.3) is 5.70 Å². The van der Waals surface area contributed by atoms with Crippen LogP contribution in [0.15, 0.2) is 11.8 Å². The van der Waals surface area contributed by atoms with Crippen LogP contribution in [-0.4, -0.2) is 28.1 Å². The number of fused-ring (bicyclic) bond motifs is 2. The van der Waals surface area contributed by atoms with E-state index in [0.717, 1.165) is 35.5 Å². The van der Waals surface area contributed by atoms with Crippen LogP contribution in [-0.2, 0) is 6.42 Å². The highest BCUT2D eigenvalue weighted by Gasteiger charge is 2.29. The second-order valence-corrected chi connectivity index (χ2v) is 7.80. The molecule has 0 saturated heterocycles. The second-order valence-electron chi connectivity index (χ2n) is 6.84. The van der Waals surface area contributed by atoms with Gasteiger partial charge in [0.05, 0.1) is 11.4 Å². The molecule has 2 aliphatic rings. The van der Waals surface area contributed by atoms with Crippen molar-refractivity contribution >= 4 is 28.3 Å². The molecule has 2 heterocycles. The van der Waals surface area contributed by atoms with Gasteiger partial charge in [0.15, 0.2) is 3.83 Å². The van der Waals surface area contributed by atoms with Crippen molar-refractivity contribution < 1.29 is 0 Å². The van der Waals surface area contributed by atoms with Crippen molar-refractivity contribution in [2.75, 3.05) is 13.1 Å². The third kappa shape index (κ3) is 2.98. The molecular formula is C15H21IN4. The standard InChI is InChI=1S/C15H21IN4/c1-15(2,3)6-7-20-9-11-5-4-10-8-17-14(16)18-12(10)13(11)19-20/h8,19H,4-7,9H2,1-3H3. The maximum absolute atomic E-state index is 4.63. The van der Waals surface area contributed by atoms with E-state index in [1.807, 2.05) is 6.20 Å². The zero-order chi connectivity index (χ0) is 14.3. The van der Waals surface area contributed by atoms with E-state index in [1.54, 1.807) is 0 Å². The Morgan fingerprint density at radius 2 is 2.15 bits per heavy atom. The fourth-order valence-electron chi connectivity index (χ4n) is 2.69. The van der Waals surface area contributed by atoms with Gasteiger partial charge in [0.1, 0.15) is 0 Å². The topological polar surface area (TPSA) is 41.0 Å². The Balaban J connectivity index is 1.75. The van der Waals surface area contributed by atoms with E-state index in [-0.39, 0.29) is 0 Å². The summed E-state index contributed by atoms with van der Waals surface area (Å²) < 4.78 is 0.824. The first-order valence-electron chi connectivity index (χ1n) is 7.18. The van der Waals surface area contributed by atoms with Crippen molar-refractivity contribution in [2.24, 2.45) is 5.41 Å². The van der Waals surface area contributed by atoms with Gasteiger partial charge in [-0.1, -0.05) is 20.8 Å². The highest BCUT2D eigenvalue weighted by atomic mass is 127. The Bertz CT molecular complexity index is 559. The molecule has 0 unspecified atom stereocenters. The molecule has 0 saturated carbocycles. The van der Waals surface area contributed by atoms with E-state index in [0.29, 0.717) is 5.41 Å². The van der Waals surface area contributed by atoms with Crippen molar-refractivity contribution in [3.05, 3.63) is 26.9 Å². The average Bonchev–Trinajstić information content (AvgIpc) is 2.79. The molecule has 1 N–H and O–H groups in total. The maximum atomic E-state index is 4.63. The Morgan fingerprint density at radius 1 is 1.35 bits per heavy atom. The molecule has 4 nitrogen and oxygen atoms in total. The van der Waals surface area contributed by atoms with E-state index in [1.165, 1.54) is 23.3 Å². The number of halogens is 1. The van der Waals surface area contributed by atoms with E-state index in [4.69, 9.17) is 0 Å². The van der Waals surface area contributed by atoms with Gasteiger partial charge in [-0.25, -0.2) is 15.0 Å². The van der Waals surface area contributed by atoms with Crippen molar-refractivity contribution in [3.63, 3.8) is 0 Å². The van der Waals surface area contributed by atoms with Crippen molar-refractivity contribution in [3.8, 4) is 0 Å². The summed E-state index contributed by atoms with van der Waals surface area (Å²) in [5, 5.41) is 2.33. The molecule has 0 radical (unpaired) electrons. The number of hydrogen-bond donors (Lipinski definition) is 1. The first-order valence-corrected chi connectivity index (χ1v) is 8.26. The lowest BCUT2D eigenvalue weighted by molar-refractivity contribution is 0.221. The predicted octanol–water partition coefficient (Wildman–Crippen LogP) is 2.99. The summed E-state index contributed by atoms with van der Waals surface area (Å²) in [5.74, 6) is 0. The second kappa shape index (κ2) is 5.26. The Morgan fingerprint density at radius 3 is 2.90 bits per heavy atom. The van der Waals surface area contributed by atoms with Gasteiger partial charge in [-0.2, -0.15) is 0 Å². The molecule has 0 spiro atoms. The van der Waals surface area contributed by atoms with Crippen LogP contribution in [0.3, 0.4) is 0 Å². The number of aryl methyl sites for hydroxylation is 1. The number of rotatable bonds is 2. The molecule has 1 aliphatic carbocycles. The molecule has 0 aromatic carbocycles.